The summed E-state index contributed by atoms with van der Waals surface area (Å²) in [6.45, 7) is 1.00. The summed E-state index contributed by atoms with van der Waals surface area (Å²) in [5.74, 6) is -0.360. The first-order chi connectivity index (χ1) is 9.28. The van der Waals surface area contributed by atoms with Crippen LogP contribution in [0.4, 0.5) is 13.2 Å². The zero-order valence-corrected chi connectivity index (χ0v) is 10.7. The summed E-state index contributed by atoms with van der Waals surface area (Å²) in [5, 5.41) is 9.65. The van der Waals surface area contributed by atoms with Gasteiger partial charge in [0.15, 0.2) is 5.78 Å². The van der Waals surface area contributed by atoms with Crippen molar-refractivity contribution in [2.75, 3.05) is 6.61 Å². The quantitative estimate of drug-likeness (QED) is 0.839. The van der Waals surface area contributed by atoms with E-state index in [-0.39, 0.29) is 35.8 Å². The summed E-state index contributed by atoms with van der Waals surface area (Å²) in [5.41, 5.74) is 0.400. The fourth-order valence-corrected chi connectivity index (χ4v) is 2.08. The van der Waals surface area contributed by atoms with Gasteiger partial charge in [-0.05, 0) is 24.0 Å². The average Bonchev–Trinajstić information content (AvgIpc) is 2.68. The predicted molar refractivity (Wildman–Crippen MR) is 64.8 cm³/mol. The highest BCUT2D eigenvalue weighted by Gasteiger charge is 2.37. The summed E-state index contributed by atoms with van der Waals surface area (Å²) in [6, 6.07) is 2.89. The largest absolute Gasteiger partial charge is 0.492 e. The molecule has 1 aromatic carbocycles. The number of fused-ring (bicyclic) bond motifs is 1. The van der Waals surface area contributed by atoms with Crippen LogP contribution < -0.4 is 10.2 Å². The molecule has 0 atom stereocenters. The van der Waals surface area contributed by atoms with Gasteiger partial charge in [0, 0.05) is 5.56 Å². The normalized spacial score (nSPS) is 14.3. The summed E-state index contributed by atoms with van der Waals surface area (Å²) < 4.78 is 48.0. The Kier molecular flexibility index (Phi) is 4.05. The van der Waals surface area contributed by atoms with Crippen LogP contribution in [0, 0.1) is 0 Å². The van der Waals surface area contributed by atoms with Gasteiger partial charge in [0.25, 0.3) is 0 Å². The Hall–Kier alpha value is -1.54. The van der Waals surface area contributed by atoms with Crippen molar-refractivity contribution in [3.8, 4) is 5.75 Å². The molecule has 0 fully saturated rings. The number of Topliss-reactive ketones (excluding diaryl/α,β-unsaturated/α-hetero) is 1. The lowest BCUT2D eigenvalue weighted by molar-refractivity contribution is -0.127. The first-order valence-corrected chi connectivity index (χ1v) is 5.91. The Morgan fingerprint density at radius 3 is 2.80 bits per heavy atom. The lowest BCUT2D eigenvalue weighted by Gasteiger charge is -2.16. The minimum atomic E-state index is -4.45. The van der Waals surface area contributed by atoms with Crippen molar-refractivity contribution in [3.63, 3.8) is 0 Å². The highest BCUT2D eigenvalue weighted by Crippen LogP contribution is 2.29. The van der Waals surface area contributed by atoms with E-state index < -0.39 is 19.7 Å². The van der Waals surface area contributed by atoms with E-state index in [1.54, 1.807) is 0 Å². The maximum absolute atomic E-state index is 12.7. The maximum atomic E-state index is 12.7. The Balaban J connectivity index is 2.41. The van der Waals surface area contributed by atoms with Gasteiger partial charge in [-0.1, -0.05) is 6.07 Å². The summed E-state index contributed by atoms with van der Waals surface area (Å²) in [6.07, 6.45) is -5.70. The summed E-state index contributed by atoms with van der Waals surface area (Å²) >= 11 is 0. The van der Waals surface area contributed by atoms with Crippen molar-refractivity contribution in [1.29, 1.82) is 0 Å². The predicted octanol–water partition coefficient (Wildman–Crippen LogP) is 0.977. The molecule has 0 amide bonds. The lowest BCUT2D eigenvalue weighted by atomic mass is 9.75. The molecule has 2 rings (SSSR count). The van der Waals surface area contributed by atoms with Crippen molar-refractivity contribution < 1.29 is 32.4 Å². The molecule has 20 heavy (non-hydrogen) atoms. The van der Waals surface area contributed by atoms with Crippen LogP contribution in [0.1, 0.15) is 18.1 Å². The SMILES string of the molecule is CC(=O)COc1ccc2c(c1CC(F)(F)F)B(O)OC2. The van der Waals surface area contributed by atoms with E-state index in [0.717, 1.165) is 0 Å². The van der Waals surface area contributed by atoms with Gasteiger partial charge in [0.1, 0.15) is 12.4 Å². The Bertz CT molecular complexity index is 530. The van der Waals surface area contributed by atoms with Crippen molar-refractivity contribution in [3.05, 3.63) is 23.3 Å². The number of benzene rings is 1. The van der Waals surface area contributed by atoms with Crippen LogP contribution in [0.25, 0.3) is 0 Å². The van der Waals surface area contributed by atoms with Crippen molar-refractivity contribution >= 4 is 18.4 Å². The van der Waals surface area contributed by atoms with Gasteiger partial charge >= 0.3 is 13.3 Å². The first kappa shape index (κ1) is 14.9. The molecule has 0 saturated heterocycles. The smallest absolute Gasteiger partial charge is 0.486 e. The number of halogens is 3. The molecule has 1 N–H and O–H groups in total. The van der Waals surface area contributed by atoms with Gasteiger partial charge in [-0.15, -0.1) is 0 Å². The van der Waals surface area contributed by atoms with Crippen LogP contribution in [-0.2, 0) is 22.5 Å². The van der Waals surface area contributed by atoms with Crippen LogP contribution in [0.3, 0.4) is 0 Å². The van der Waals surface area contributed by atoms with Gasteiger partial charge < -0.3 is 14.4 Å². The summed E-state index contributed by atoms with van der Waals surface area (Å²) in [4.78, 5) is 10.9. The Morgan fingerprint density at radius 1 is 1.50 bits per heavy atom. The molecule has 0 bridgehead atoms. The molecule has 0 radical (unpaired) electrons. The third-order valence-corrected chi connectivity index (χ3v) is 2.86. The van der Waals surface area contributed by atoms with Crippen LogP contribution in [-0.4, -0.2) is 30.7 Å². The van der Waals surface area contributed by atoms with Gasteiger partial charge in [0.2, 0.25) is 0 Å². The fraction of sp³-hybridized carbons (Fsp3) is 0.417. The molecule has 1 aliphatic heterocycles. The van der Waals surface area contributed by atoms with E-state index in [9.17, 15) is 23.0 Å². The number of ketones is 1. The average molecular weight is 288 g/mol. The zero-order chi connectivity index (χ0) is 14.9. The number of carbonyl (C=O) groups is 1. The van der Waals surface area contributed by atoms with Crippen LogP contribution >= 0.6 is 0 Å². The van der Waals surface area contributed by atoms with E-state index in [4.69, 9.17) is 9.39 Å². The topological polar surface area (TPSA) is 55.8 Å². The van der Waals surface area contributed by atoms with Crippen LogP contribution in [0.5, 0.6) is 5.75 Å². The van der Waals surface area contributed by atoms with E-state index in [0.29, 0.717) is 5.56 Å². The Morgan fingerprint density at radius 2 is 2.20 bits per heavy atom. The molecular formula is C12H12BF3O4. The molecule has 0 aliphatic carbocycles. The molecular weight excluding hydrogens is 276 g/mol. The molecule has 0 unspecified atom stereocenters. The second kappa shape index (κ2) is 5.45. The molecule has 0 aromatic heterocycles. The lowest BCUT2D eigenvalue weighted by Crippen LogP contribution is -2.34. The van der Waals surface area contributed by atoms with Crippen LogP contribution in [0.2, 0.25) is 0 Å². The Labute approximate surface area is 113 Å². The summed E-state index contributed by atoms with van der Waals surface area (Å²) in [7, 11) is -1.40. The van der Waals surface area contributed by atoms with Crippen molar-refractivity contribution in [2.24, 2.45) is 0 Å². The highest BCUT2D eigenvalue weighted by molar-refractivity contribution is 6.62. The molecule has 0 saturated carbocycles. The van der Waals surface area contributed by atoms with E-state index in [2.05, 4.69) is 0 Å². The number of hydrogen-bond acceptors (Lipinski definition) is 4. The molecule has 4 nitrogen and oxygen atoms in total. The van der Waals surface area contributed by atoms with Gasteiger partial charge in [-0.25, -0.2) is 0 Å². The van der Waals surface area contributed by atoms with E-state index >= 15 is 0 Å². The third kappa shape index (κ3) is 3.32. The van der Waals surface area contributed by atoms with E-state index in [1.807, 2.05) is 0 Å². The second-order valence-electron chi connectivity index (χ2n) is 4.56. The standard InChI is InChI=1S/C12H12BF3O4/c1-7(17)5-19-10-3-2-8-6-20-13(18)11(8)9(10)4-12(14,15)16/h2-3,18H,4-6H2,1H3. The van der Waals surface area contributed by atoms with Gasteiger partial charge in [-0.2, -0.15) is 13.2 Å². The minimum absolute atomic E-state index is 0.0499. The zero-order valence-electron chi connectivity index (χ0n) is 10.7. The number of carbonyl (C=O) groups excluding carboxylic acids is 1. The fourth-order valence-electron chi connectivity index (χ4n) is 2.08. The number of alkyl halides is 3. The molecule has 0 spiro atoms. The van der Waals surface area contributed by atoms with E-state index in [1.165, 1.54) is 19.1 Å². The molecule has 1 aliphatic rings. The molecule has 8 heteroatoms. The van der Waals surface area contributed by atoms with Gasteiger partial charge in [-0.3, -0.25) is 4.79 Å². The molecule has 108 valence electrons. The number of hydrogen-bond donors (Lipinski definition) is 1. The number of ether oxygens (including phenoxy) is 1. The maximum Gasteiger partial charge on any atom is 0.492 e. The first-order valence-electron chi connectivity index (χ1n) is 5.91. The minimum Gasteiger partial charge on any atom is -0.486 e. The third-order valence-electron chi connectivity index (χ3n) is 2.86. The number of rotatable bonds is 4. The van der Waals surface area contributed by atoms with Crippen molar-refractivity contribution in [2.45, 2.75) is 26.1 Å². The van der Waals surface area contributed by atoms with Gasteiger partial charge in [0.05, 0.1) is 13.0 Å². The highest BCUT2D eigenvalue weighted by atomic mass is 19.4. The molecule has 1 aromatic rings. The van der Waals surface area contributed by atoms with Crippen LogP contribution in [0.15, 0.2) is 12.1 Å². The van der Waals surface area contributed by atoms with Crippen molar-refractivity contribution in [1.82, 2.24) is 0 Å². The molecule has 1 heterocycles. The second-order valence-corrected chi connectivity index (χ2v) is 4.56. The monoisotopic (exact) mass is 288 g/mol.